The molecule has 0 heterocycles. The molecule has 0 saturated heterocycles. The van der Waals surface area contributed by atoms with Gasteiger partial charge < -0.3 is 0 Å². The lowest BCUT2D eigenvalue weighted by Gasteiger charge is -2.12. The van der Waals surface area contributed by atoms with Gasteiger partial charge in [-0.05, 0) is 0 Å². The predicted molar refractivity (Wildman–Crippen MR) is 56.2 cm³/mol. The zero-order valence-electron chi connectivity index (χ0n) is 10.3. The van der Waals surface area contributed by atoms with Crippen LogP contribution in [-0.2, 0) is 0 Å². The van der Waals surface area contributed by atoms with Crippen molar-refractivity contribution in [3.8, 4) is 17.2 Å². The van der Waals surface area contributed by atoms with Gasteiger partial charge in [0.1, 0.15) is 11.6 Å². The average molecular weight is 341 g/mol. The molecule has 2 rings (SSSR count). The van der Waals surface area contributed by atoms with Crippen LogP contribution in [0.3, 0.4) is 0 Å². The number of rotatable bonds is 1. The summed E-state index contributed by atoms with van der Waals surface area (Å²) in [6.07, 6.45) is 0. The molecule has 120 valence electrons. The zero-order chi connectivity index (χ0) is 17.6. The van der Waals surface area contributed by atoms with Crippen molar-refractivity contribution in [3.05, 3.63) is 57.9 Å². The molecule has 0 atom stereocenters. The monoisotopic (exact) mass is 341 g/mol. The second-order valence-corrected chi connectivity index (χ2v) is 4.06. The third-order valence-electron chi connectivity index (χ3n) is 2.83. The van der Waals surface area contributed by atoms with E-state index < -0.39 is 69.0 Å². The molecular weight excluding hydrogens is 341 g/mol. The van der Waals surface area contributed by atoms with E-state index in [9.17, 15) is 39.5 Å². The van der Waals surface area contributed by atoms with Gasteiger partial charge >= 0.3 is 0 Å². The lowest BCUT2D eigenvalue weighted by atomic mass is 9.99. The van der Waals surface area contributed by atoms with Gasteiger partial charge in [-0.2, -0.15) is 5.26 Å². The number of nitriles is 1. The van der Waals surface area contributed by atoms with Gasteiger partial charge in [0.25, 0.3) is 0 Å². The molecule has 0 radical (unpaired) electrons. The topological polar surface area (TPSA) is 23.8 Å². The van der Waals surface area contributed by atoms with Gasteiger partial charge in [0.05, 0.1) is 11.1 Å². The van der Waals surface area contributed by atoms with Gasteiger partial charge in [-0.1, -0.05) is 0 Å². The maximum absolute atomic E-state index is 13.7. The number of hydrogen-bond acceptors (Lipinski definition) is 1. The quantitative estimate of drug-likeness (QED) is 0.426. The first-order valence-corrected chi connectivity index (χ1v) is 5.42. The van der Waals surface area contributed by atoms with E-state index in [4.69, 9.17) is 5.26 Å². The molecule has 0 fully saturated rings. The first-order chi connectivity index (χ1) is 10.6. The van der Waals surface area contributed by atoms with Crippen LogP contribution in [0.1, 0.15) is 5.56 Å². The third-order valence-corrected chi connectivity index (χ3v) is 2.83. The summed E-state index contributed by atoms with van der Waals surface area (Å²) in [7, 11) is 0. The first-order valence-electron chi connectivity index (χ1n) is 5.42. The first kappa shape index (κ1) is 16.7. The molecule has 0 bridgehead atoms. The Balaban J connectivity index is 3.05. The van der Waals surface area contributed by atoms with Gasteiger partial charge in [0, 0.05) is 0 Å². The van der Waals surface area contributed by atoms with Gasteiger partial charge in [-0.15, -0.1) is 0 Å². The highest BCUT2D eigenvalue weighted by atomic mass is 19.2. The largest absolute Gasteiger partial charge is 0.203 e. The van der Waals surface area contributed by atoms with Crippen molar-refractivity contribution in [1.29, 1.82) is 5.26 Å². The minimum absolute atomic E-state index is 0.759. The van der Waals surface area contributed by atoms with E-state index in [1.54, 1.807) is 0 Å². The van der Waals surface area contributed by atoms with Gasteiger partial charge in [0.2, 0.25) is 5.82 Å². The summed E-state index contributed by atoms with van der Waals surface area (Å²) in [5, 5.41) is 8.36. The Bertz CT molecular complexity index is 824. The second-order valence-electron chi connectivity index (χ2n) is 4.06. The standard InChI is InChI=1S/C13F9N/c14-5-2(1-23)6(15)8(17)3(7(5)16)4-9(18)11(20)13(22)12(21)10(4)19. The Kier molecular flexibility index (Phi) is 3.98. The zero-order valence-corrected chi connectivity index (χ0v) is 10.3. The van der Waals surface area contributed by atoms with Crippen molar-refractivity contribution < 1.29 is 39.5 Å². The van der Waals surface area contributed by atoms with Crippen molar-refractivity contribution in [1.82, 2.24) is 0 Å². The minimum Gasteiger partial charge on any atom is -0.203 e. The highest BCUT2D eigenvalue weighted by molar-refractivity contribution is 5.68. The normalized spacial score (nSPS) is 10.8. The maximum Gasteiger partial charge on any atom is 0.200 e. The highest BCUT2D eigenvalue weighted by Crippen LogP contribution is 2.37. The van der Waals surface area contributed by atoms with E-state index in [0.717, 1.165) is 6.07 Å². The van der Waals surface area contributed by atoms with Crippen molar-refractivity contribution in [3.63, 3.8) is 0 Å². The molecule has 0 unspecified atom stereocenters. The van der Waals surface area contributed by atoms with Crippen LogP contribution in [0.2, 0.25) is 0 Å². The van der Waals surface area contributed by atoms with Crippen LogP contribution in [0.4, 0.5) is 39.5 Å². The van der Waals surface area contributed by atoms with E-state index in [2.05, 4.69) is 0 Å². The van der Waals surface area contributed by atoms with Gasteiger partial charge in [-0.25, -0.2) is 39.5 Å². The Morgan fingerprint density at radius 1 is 0.435 bits per heavy atom. The molecule has 23 heavy (non-hydrogen) atoms. The summed E-state index contributed by atoms with van der Waals surface area (Å²) >= 11 is 0. The number of benzene rings is 2. The Labute approximate surface area is 121 Å². The summed E-state index contributed by atoms with van der Waals surface area (Å²) in [6, 6.07) is 0.759. The lowest BCUT2D eigenvalue weighted by Crippen LogP contribution is -2.10. The van der Waals surface area contributed by atoms with Crippen molar-refractivity contribution in [2.75, 3.05) is 0 Å². The summed E-state index contributed by atoms with van der Waals surface area (Å²) in [6.45, 7) is 0. The van der Waals surface area contributed by atoms with Crippen LogP contribution in [-0.4, -0.2) is 0 Å². The second kappa shape index (κ2) is 5.49. The molecule has 1 nitrogen and oxygen atoms in total. The van der Waals surface area contributed by atoms with Crippen LogP contribution in [0.5, 0.6) is 0 Å². The molecular formula is C13F9N. The molecule has 2 aromatic rings. The molecule has 0 saturated carbocycles. The van der Waals surface area contributed by atoms with E-state index in [0.29, 0.717) is 0 Å². The molecule has 0 aliphatic heterocycles. The Morgan fingerprint density at radius 2 is 0.696 bits per heavy atom. The minimum atomic E-state index is -2.65. The van der Waals surface area contributed by atoms with Crippen LogP contribution in [0.15, 0.2) is 0 Å². The average Bonchev–Trinajstić information content (AvgIpc) is 2.53. The molecule has 0 aliphatic carbocycles. The molecule has 2 aromatic carbocycles. The summed E-state index contributed by atoms with van der Waals surface area (Å²) in [4.78, 5) is 0. The van der Waals surface area contributed by atoms with Crippen LogP contribution < -0.4 is 0 Å². The summed E-state index contributed by atoms with van der Waals surface area (Å²) in [5.41, 5.74) is -6.11. The molecule has 10 heteroatoms. The van der Waals surface area contributed by atoms with Crippen molar-refractivity contribution in [2.24, 2.45) is 0 Å². The number of halogens is 9. The fraction of sp³-hybridized carbons (Fsp3) is 0. The van der Waals surface area contributed by atoms with Crippen LogP contribution in [0, 0.1) is 63.7 Å². The number of nitrogens with zero attached hydrogens (tertiary/aromatic N) is 1. The maximum atomic E-state index is 13.7. The van der Waals surface area contributed by atoms with E-state index in [1.165, 1.54) is 0 Å². The van der Waals surface area contributed by atoms with E-state index >= 15 is 0 Å². The van der Waals surface area contributed by atoms with Gasteiger partial charge in [0.15, 0.2) is 46.5 Å². The fourth-order valence-electron chi connectivity index (χ4n) is 1.77. The summed E-state index contributed by atoms with van der Waals surface area (Å²) < 4.78 is 120. The molecule has 0 spiro atoms. The Hall–Kier alpha value is -2.70. The summed E-state index contributed by atoms with van der Waals surface area (Å²) in [5.74, 6) is -22.8. The van der Waals surface area contributed by atoms with E-state index in [-0.39, 0.29) is 0 Å². The van der Waals surface area contributed by atoms with Gasteiger partial charge in [-0.3, -0.25) is 0 Å². The lowest BCUT2D eigenvalue weighted by molar-refractivity contribution is 0.379. The SMILES string of the molecule is N#Cc1c(F)c(F)c(-c2c(F)c(F)c(F)c(F)c2F)c(F)c1F. The van der Waals surface area contributed by atoms with Crippen LogP contribution >= 0.6 is 0 Å². The third kappa shape index (κ3) is 2.19. The fourth-order valence-corrected chi connectivity index (χ4v) is 1.77. The Morgan fingerprint density at radius 3 is 1.00 bits per heavy atom. The molecule has 0 aromatic heterocycles. The predicted octanol–water partition coefficient (Wildman–Crippen LogP) is 4.48. The molecule has 0 N–H and O–H groups in total. The smallest absolute Gasteiger partial charge is 0.200 e. The van der Waals surface area contributed by atoms with Crippen LogP contribution in [0.25, 0.3) is 11.1 Å². The highest BCUT2D eigenvalue weighted by Gasteiger charge is 2.34. The molecule has 0 aliphatic rings. The number of hydrogen-bond donors (Lipinski definition) is 0. The van der Waals surface area contributed by atoms with E-state index in [1.807, 2.05) is 0 Å². The van der Waals surface area contributed by atoms with Crippen molar-refractivity contribution in [2.45, 2.75) is 0 Å². The van der Waals surface area contributed by atoms with Crippen molar-refractivity contribution >= 4 is 0 Å². The molecule has 0 amide bonds.